The predicted molar refractivity (Wildman–Crippen MR) is 119 cm³/mol. The largest absolute Gasteiger partial charge is 0.505 e. The van der Waals surface area contributed by atoms with Gasteiger partial charge < -0.3 is 25.8 Å². The minimum atomic E-state index is -0.542. The fourth-order valence-electron chi connectivity index (χ4n) is 4.09. The molecule has 0 radical (unpaired) electrons. The minimum Gasteiger partial charge on any atom is -0.505 e. The van der Waals surface area contributed by atoms with Gasteiger partial charge in [0.2, 0.25) is 5.88 Å². The molecule has 0 aliphatic heterocycles. The Morgan fingerprint density at radius 3 is 2.23 bits per heavy atom. The zero-order valence-electron chi connectivity index (χ0n) is 16.8. The monoisotopic (exact) mass is 405 g/mol. The van der Waals surface area contributed by atoms with Crippen molar-refractivity contribution in [2.24, 2.45) is 5.92 Å². The van der Waals surface area contributed by atoms with Gasteiger partial charge in [0, 0.05) is 17.1 Å². The molecule has 156 valence electrons. The number of para-hydroxylation sites is 1. The predicted octanol–water partition coefficient (Wildman–Crippen LogP) is 5.54. The van der Waals surface area contributed by atoms with Crippen LogP contribution in [0.3, 0.4) is 0 Å². The average Bonchev–Trinajstić information content (AvgIpc) is 3.04. The molecule has 0 saturated heterocycles. The fraction of sp³-hybridized carbons (Fsp3) is 0.292. The molecule has 4 rings (SSSR count). The highest BCUT2D eigenvalue weighted by molar-refractivity contribution is 6.08. The molecule has 1 aromatic heterocycles. The zero-order valence-corrected chi connectivity index (χ0v) is 16.8. The highest BCUT2D eigenvalue weighted by Gasteiger charge is 2.25. The number of nitrogens with one attached hydrogen (secondary N) is 3. The molecular weight excluding hydrogens is 378 g/mol. The van der Waals surface area contributed by atoms with Crippen LogP contribution in [0.5, 0.6) is 11.6 Å². The van der Waals surface area contributed by atoms with Gasteiger partial charge in [0.05, 0.1) is 5.69 Å². The highest BCUT2D eigenvalue weighted by Crippen LogP contribution is 2.35. The van der Waals surface area contributed by atoms with E-state index in [9.17, 15) is 15.0 Å². The van der Waals surface area contributed by atoms with Crippen molar-refractivity contribution in [2.75, 3.05) is 10.6 Å². The molecule has 0 unspecified atom stereocenters. The van der Waals surface area contributed by atoms with Gasteiger partial charge in [0.1, 0.15) is 5.56 Å². The van der Waals surface area contributed by atoms with Gasteiger partial charge in [-0.3, -0.25) is 4.79 Å². The summed E-state index contributed by atoms with van der Waals surface area (Å²) in [6.45, 7) is 0. The van der Waals surface area contributed by atoms with Gasteiger partial charge in [-0.2, -0.15) is 0 Å². The van der Waals surface area contributed by atoms with Crippen LogP contribution in [-0.4, -0.2) is 21.1 Å². The van der Waals surface area contributed by atoms with Crippen LogP contribution in [0.2, 0.25) is 0 Å². The fourth-order valence-corrected chi connectivity index (χ4v) is 4.09. The summed E-state index contributed by atoms with van der Waals surface area (Å²) in [5.74, 6) is -0.515. The molecule has 1 amide bonds. The Morgan fingerprint density at radius 1 is 0.900 bits per heavy atom. The summed E-state index contributed by atoms with van der Waals surface area (Å²) in [6.07, 6.45) is 6.52. The van der Waals surface area contributed by atoms with Crippen LogP contribution in [0.15, 0.2) is 54.6 Å². The van der Waals surface area contributed by atoms with E-state index < -0.39 is 5.91 Å². The molecule has 1 aliphatic carbocycles. The van der Waals surface area contributed by atoms with E-state index in [2.05, 4.69) is 15.6 Å². The molecule has 1 heterocycles. The number of hydrogen-bond donors (Lipinski definition) is 5. The second kappa shape index (κ2) is 8.95. The van der Waals surface area contributed by atoms with Gasteiger partial charge in [-0.1, -0.05) is 50.3 Å². The number of carbonyl (C=O) groups excluding carboxylic acids is 1. The summed E-state index contributed by atoms with van der Waals surface area (Å²) in [5.41, 5.74) is 2.87. The Bertz CT molecular complexity index is 991. The molecule has 1 fully saturated rings. The van der Waals surface area contributed by atoms with E-state index in [0.29, 0.717) is 23.7 Å². The van der Waals surface area contributed by atoms with Crippen LogP contribution >= 0.6 is 0 Å². The van der Waals surface area contributed by atoms with Gasteiger partial charge in [0.15, 0.2) is 5.75 Å². The summed E-state index contributed by atoms with van der Waals surface area (Å²) in [6, 6.07) is 17.1. The molecule has 6 nitrogen and oxygen atoms in total. The maximum Gasteiger partial charge on any atom is 0.264 e. The number of H-pyrrole nitrogens is 1. The minimum absolute atomic E-state index is 0.104. The molecule has 30 heavy (non-hydrogen) atoms. The molecule has 0 bridgehead atoms. The molecular formula is C24H27N3O3. The third-order valence-corrected chi connectivity index (χ3v) is 5.68. The first-order valence-corrected chi connectivity index (χ1v) is 10.5. The molecule has 1 aliphatic rings. The maximum absolute atomic E-state index is 12.7. The van der Waals surface area contributed by atoms with Gasteiger partial charge in [-0.05, 0) is 48.7 Å². The number of aromatic amines is 1. The van der Waals surface area contributed by atoms with Crippen LogP contribution in [0.4, 0.5) is 17.1 Å². The van der Waals surface area contributed by atoms with Gasteiger partial charge in [-0.25, -0.2) is 0 Å². The number of hydrogen-bond acceptors (Lipinski definition) is 4. The van der Waals surface area contributed by atoms with Crippen molar-refractivity contribution in [3.63, 3.8) is 0 Å². The normalized spacial score (nSPS) is 14.4. The third kappa shape index (κ3) is 4.59. The zero-order chi connectivity index (χ0) is 20.9. The SMILES string of the molecule is O=C(Nc1ccc(Nc2ccccc2)cc1)c1c(O)[nH]c(CC2CCCCC2)c1O. The van der Waals surface area contributed by atoms with Crippen molar-refractivity contribution in [3.8, 4) is 11.6 Å². The number of rotatable bonds is 6. The number of carbonyl (C=O) groups is 1. The Balaban J connectivity index is 1.42. The van der Waals surface area contributed by atoms with Gasteiger partial charge in [0.25, 0.3) is 5.91 Å². The standard InChI is InChI=1S/C24H27N3O3/c28-22-20(15-16-7-3-1-4-8-16)27-24(30)21(22)23(29)26-19-13-11-18(12-14-19)25-17-9-5-2-6-10-17/h2,5-6,9-14,16,25,27-28,30H,1,3-4,7-8,15H2,(H,26,29). The first-order valence-electron chi connectivity index (χ1n) is 10.5. The lowest BCUT2D eigenvalue weighted by Crippen LogP contribution is -2.12. The van der Waals surface area contributed by atoms with Gasteiger partial charge >= 0.3 is 0 Å². The van der Waals surface area contributed by atoms with Gasteiger partial charge in [-0.15, -0.1) is 0 Å². The van der Waals surface area contributed by atoms with Crippen molar-refractivity contribution in [2.45, 2.75) is 38.5 Å². The number of aromatic nitrogens is 1. The molecule has 0 spiro atoms. The van der Waals surface area contributed by atoms with Crippen LogP contribution in [0, 0.1) is 5.92 Å². The van der Waals surface area contributed by atoms with Crippen LogP contribution in [0.25, 0.3) is 0 Å². The van der Waals surface area contributed by atoms with E-state index >= 15 is 0 Å². The van der Waals surface area contributed by atoms with Crippen molar-refractivity contribution in [1.82, 2.24) is 4.98 Å². The molecule has 0 atom stereocenters. The van der Waals surface area contributed by atoms with Crippen molar-refractivity contribution in [1.29, 1.82) is 0 Å². The molecule has 2 aromatic carbocycles. The van der Waals surface area contributed by atoms with Crippen LogP contribution in [-0.2, 0) is 6.42 Å². The van der Waals surface area contributed by atoms with Crippen LogP contribution < -0.4 is 10.6 Å². The Labute approximate surface area is 176 Å². The summed E-state index contributed by atoms with van der Waals surface area (Å²) < 4.78 is 0. The second-order valence-corrected chi connectivity index (χ2v) is 7.91. The Kier molecular flexibility index (Phi) is 5.93. The van der Waals surface area contributed by atoms with E-state index in [1.807, 2.05) is 42.5 Å². The summed E-state index contributed by atoms with van der Waals surface area (Å²) >= 11 is 0. The van der Waals surface area contributed by atoms with Crippen molar-refractivity contribution < 1.29 is 15.0 Å². The number of amides is 1. The topological polar surface area (TPSA) is 97.4 Å². The number of benzene rings is 2. The first-order chi connectivity index (χ1) is 14.6. The van der Waals surface area contributed by atoms with Crippen molar-refractivity contribution in [3.05, 3.63) is 65.9 Å². The third-order valence-electron chi connectivity index (χ3n) is 5.68. The smallest absolute Gasteiger partial charge is 0.264 e. The van der Waals surface area contributed by atoms with E-state index in [1.54, 1.807) is 12.1 Å². The molecule has 3 aromatic rings. The summed E-state index contributed by atoms with van der Waals surface area (Å²) in [5, 5.41) is 26.8. The van der Waals surface area contributed by atoms with E-state index in [1.165, 1.54) is 19.3 Å². The van der Waals surface area contributed by atoms with E-state index in [0.717, 1.165) is 24.2 Å². The Morgan fingerprint density at radius 2 is 1.53 bits per heavy atom. The number of anilines is 3. The van der Waals surface area contributed by atoms with Crippen molar-refractivity contribution >= 4 is 23.0 Å². The lowest BCUT2D eigenvalue weighted by molar-refractivity contribution is 0.102. The van der Waals surface area contributed by atoms with E-state index in [4.69, 9.17) is 0 Å². The second-order valence-electron chi connectivity index (χ2n) is 7.91. The highest BCUT2D eigenvalue weighted by atomic mass is 16.3. The molecule has 5 N–H and O–H groups in total. The quantitative estimate of drug-likeness (QED) is 0.372. The lowest BCUT2D eigenvalue weighted by Gasteiger charge is -2.20. The Hall–Kier alpha value is -3.41. The molecule has 1 saturated carbocycles. The molecule has 6 heteroatoms. The lowest BCUT2D eigenvalue weighted by atomic mass is 9.86. The summed E-state index contributed by atoms with van der Waals surface area (Å²) in [4.78, 5) is 15.5. The number of aromatic hydroxyl groups is 2. The first kappa shape index (κ1) is 19.9. The summed E-state index contributed by atoms with van der Waals surface area (Å²) in [7, 11) is 0. The van der Waals surface area contributed by atoms with Crippen LogP contribution in [0.1, 0.15) is 48.2 Å². The average molecular weight is 405 g/mol. The maximum atomic E-state index is 12.7. The van der Waals surface area contributed by atoms with E-state index in [-0.39, 0.29) is 17.2 Å².